The van der Waals surface area contributed by atoms with Gasteiger partial charge in [-0.05, 0) is 24.8 Å². The molecule has 0 N–H and O–H groups in total. The van der Waals surface area contributed by atoms with E-state index >= 15 is 0 Å². The number of ether oxygens (including phenoxy) is 2. The molecule has 0 spiro atoms. The number of benzene rings is 1. The summed E-state index contributed by atoms with van der Waals surface area (Å²) in [5, 5.41) is 0. The summed E-state index contributed by atoms with van der Waals surface area (Å²) in [5.74, 6) is 2.36. The molecule has 120 valence electrons. The van der Waals surface area contributed by atoms with Crippen molar-refractivity contribution in [3.05, 3.63) is 23.8 Å². The maximum atomic E-state index is 5.61. The van der Waals surface area contributed by atoms with E-state index in [0.717, 1.165) is 11.5 Å². The standard InChI is InChI=1S/C19H32O2/c1-5-7-8-9-10-13-16(12-6-2)17-14-11-15-18(20-3)19(17)21-4/h11,14-16H,5-10,12-13H2,1-4H3/t16-/m1/s1. The van der Waals surface area contributed by atoms with Crippen molar-refractivity contribution in [3.8, 4) is 11.5 Å². The third-order valence-electron chi connectivity index (χ3n) is 4.17. The second-order valence-electron chi connectivity index (χ2n) is 5.77. The van der Waals surface area contributed by atoms with Gasteiger partial charge in [-0.25, -0.2) is 0 Å². The molecule has 1 aromatic rings. The molecule has 0 radical (unpaired) electrons. The largest absolute Gasteiger partial charge is 0.493 e. The smallest absolute Gasteiger partial charge is 0.164 e. The summed E-state index contributed by atoms with van der Waals surface area (Å²) in [5.41, 5.74) is 1.31. The average molecular weight is 292 g/mol. The van der Waals surface area contributed by atoms with Gasteiger partial charge < -0.3 is 9.47 Å². The maximum absolute atomic E-state index is 5.61. The van der Waals surface area contributed by atoms with Crippen LogP contribution in [0, 0.1) is 0 Å². The topological polar surface area (TPSA) is 18.5 Å². The van der Waals surface area contributed by atoms with Gasteiger partial charge >= 0.3 is 0 Å². The molecule has 0 saturated carbocycles. The second-order valence-corrected chi connectivity index (χ2v) is 5.77. The van der Waals surface area contributed by atoms with E-state index < -0.39 is 0 Å². The molecular formula is C19H32O2. The fourth-order valence-corrected chi connectivity index (χ4v) is 3.03. The van der Waals surface area contributed by atoms with Gasteiger partial charge in [0.1, 0.15) is 0 Å². The zero-order valence-electron chi connectivity index (χ0n) is 14.3. The summed E-state index contributed by atoms with van der Waals surface area (Å²) < 4.78 is 11.1. The van der Waals surface area contributed by atoms with E-state index in [1.165, 1.54) is 56.9 Å². The summed E-state index contributed by atoms with van der Waals surface area (Å²) >= 11 is 0. The first-order valence-corrected chi connectivity index (χ1v) is 8.49. The van der Waals surface area contributed by atoms with Gasteiger partial charge in [0.15, 0.2) is 11.5 Å². The molecule has 0 unspecified atom stereocenters. The van der Waals surface area contributed by atoms with Crippen molar-refractivity contribution in [1.82, 2.24) is 0 Å². The minimum Gasteiger partial charge on any atom is -0.493 e. The van der Waals surface area contributed by atoms with Crippen molar-refractivity contribution in [3.63, 3.8) is 0 Å². The fourth-order valence-electron chi connectivity index (χ4n) is 3.03. The molecule has 0 aliphatic carbocycles. The van der Waals surface area contributed by atoms with E-state index in [1.54, 1.807) is 14.2 Å². The van der Waals surface area contributed by atoms with E-state index in [4.69, 9.17) is 9.47 Å². The van der Waals surface area contributed by atoms with Crippen molar-refractivity contribution in [2.45, 2.75) is 71.1 Å². The number of para-hydroxylation sites is 1. The van der Waals surface area contributed by atoms with Crippen molar-refractivity contribution in [2.75, 3.05) is 14.2 Å². The monoisotopic (exact) mass is 292 g/mol. The first-order valence-electron chi connectivity index (χ1n) is 8.49. The van der Waals surface area contributed by atoms with Crippen LogP contribution in [0.25, 0.3) is 0 Å². The summed E-state index contributed by atoms with van der Waals surface area (Å²) in [6, 6.07) is 6.26. The fraction of sp³-hybridized carbons (Fsp3) is 0.684. The number of unbranched alkanes of at least 4 members (excludes halogenated alkanes) is 4. The third-order valence-corrected chi connectivity index (χ3v) is 4.17. The molecule has 0 saturated heterocycles. The van der Waals surface area contributed by atoms with Gasteiger partial charge in [-0.1, -0.05) is 64.5 Å². The van der Waals surface area contributed by atoms with E-state index in [2.05, 4.69) is 26.0 Å². The van der Waals surface area contributed by atoms with Crippen molar-refractivity contribution in [2.24, 2.45) is 0 Å². The zero-order chi connectivity index (χ0) is 15.5. The van der Waals surface area contributed by atoms with E-state index in [0.29, 0.717) is 5.92 Å². The Morgan fingerprint density at radius 2 is 1.62 bits per heavy atom. The predicted molar refractivity (Wildman–Crippen MR) is 90.6 cm³/mol. The SMILES string of the molecule is CCCCCCC[C@@H](CCC)c1cccc(OC)c1OC. The average Bonchev–Trinajstić information content (AvgIpc) is 2.52. The molecule has 2 nitrogen and oxygen atoms in total. The van der Waals surface area contributed by atoms with Crippen molar-refractivity contribution < 1.29 is 9.47 Å². The summed E-state index contributed by atoms with van der Waals surface area (Å²) in [4.78, 5) is 0. The Hall–Kier alpha value is -1.18. The maximum Gasteiger partial charge on any atom is 0.164 e. The Labute approximate surface area is 130 Å². The Kier molecular flexibility index (Phi) is 8.96. The Bertz CT molecular complexity index is 387. The van der Waals surface area contributed by atoms with Crippen LogP contribution in [0.5, 0.6) is 11.5 Å². The van der Waals surface area contributed by atoms with Gasteiger partial charge in [-0.15, -0.1) is 0 Å². The Morgan fingerprint density at radius 3 is 2.24 bits per heavy atom. The van der Waals surface area contributed by atoms with Gasteiger partial charge in [-0.2, -0.15) is 0 Å². The van der Waals surface area contributed by atoms with E-state index in [-0.39, 0.29) is 0 Å². The van der Waals surface area contributed by atoms with Crippen LogP contribution in [-0.4, -0.2) is 14.2 Å². The van der Waals surface area contributed by atoms with Gasteiger partial charge in [0.05, 0.1) is 14.2 Å². The number of rotatable bonds is 11. The normalized spacial score (nSPS) is 12.2. The predicted octanol–water partition coefficient (Wildman–Crippen LogP) is 5.95. The highest BCUT2D eigenvalue weighted by atomic mass is 16.5. The van der Waals surface area contributed by atoms with Gasteiger partial charge in [0, 0.05) is 5.56 Å². The number of hydrogen-bond acceptors (Lipinski definition) is 2. The highest BCUT2D eigenvalue weighted by Gasteiger charge is 2.18. The lowest BCUT2D eigenvalue weighted by Gasteiger charge is -2.21. The summed E-state index contributed by atoms with van der Waals surface area (Å²) in [6.07, 6.45) is 10.4. The first-order chi connectivity index (χ1) is 10.3. The molecule has 0 amide bonds. The molecule has 0 bridgehead atoms. The number of methoxy groups -OCH3 is 2. The minimum atomic E-state index is 0.585. The van der Waals surface area contributed by atoms with Gasteiger partial charge in [-0.3, -0.25) is 0 Å². The van der Waals surface area contributed by atoms with Crippen LogP contribution in [0.15, 0.2) is 18.2 Å². The molecule has 1 rings (SSSR count). The number of hydrogen-bond donors (Lipinski definition) is 0. The molecule has 0 heterocycles. The summed E-state index contributed by atoms with van der Waals surface area (Å²) in [6.45, 7) is 4.53. The van der Waals surface area contributed by atoms with Crippen LogP contribution in [-0.2, 0) is 0 Å². The van der Waals surface area contributed by atoms with Crippen molar-refractivity contribution in [1.29, 1.82) is 0 Å². The van der Waals surface area contributed by atoms with Gasteiger partial charge in [0.25, 0.3) is 0 Å². The molecule has 21 heavy (non-hydrogen) atoms. The van der Waals surface area contributed by atoms with E-state index in [1.807, 2.05) is 6.07 Å². The Balaban J connectivity index is 2.75. The molecule has 0 fully saturated rings. The lowest BCUT2D eigenvalue weighted by molar-refractivity contribution is 0.347. The van der Waals surface area contributed by atoms with Crippen LogP contribution >= 0.6 is 0 Å². The lowest BCUT2D eigenvalue weighted by atomic mass is 9.88. The first kappa shape index (κ1) is 17.9. The van der Waals surface area contributed by atoms with Crippen LogP contribution < -0.4 is 9.47 Å². The zero-order valence-corrected chi connectivity index (χ0v) is 14.3. The molecule has 0 aliphatic heterocycles. The molecule has 1 atom stereocenters. The Morgan fingerprint density at radius 1 is 0.857 bits per heavy atom. The van der Waals surface area contributed by atoms with Crippen LogP contribution in [0.4, 0.5) is 0 Å². The molecule has 0 aromatic heterocycles. The third kappa shape index (κ3) is 5.61. The molecule has 1 aromatic carbocycles. The summed E-state index contributed by atoms with van der Waals surface area (Å²) in [7, 11) is 3.45. The quantitative estimate of drug-likeness (QED) is 0.469. The lowest BCUT2D eigenvalue weighted by Crippen LogP contribution is -2.03. The van der Waals surface area contributed by atoms with Gasteiger partial charge in [0.2, 0.25) is 0 Å². The van der Waals surface area contributed by atoms with Crippen LogP contribution in [0.1, 0.15) is 76.7 Å². The van der Waals surface area contributed by atoms with Crippen molar-refractivity contribution >= 4 is 0 Å². The van der Waals surface area contributed by atoms with E-state index in [9.17, 15) is 0 Å². The highest BCUT2D eigenvalue weighted by Crippen LogP contribution is 2.39. The van der Waals surface area contributed by atoms with Crippen LogP contribution in [0.2, 0.25) is 0 Å². The molecule has 2 heteroatoms. The minimum absolute atomic E-state index is 0.585. The molecule has 0 aliphatic rings. The van der Waals surface area contributed by atoms with Crippen LogP contribution in [0.3, 0.4) is 0 Å². The second kappa shape index (κ2) is 10.5. The highest BCUT2D eigenvalue weighted by molar-refractivity contribution is 5.48. The molecular weight excluding hydrogens is 260 g/mol.